The van der Waals surface area contributed by atoms with Gasteiger partial charge in [-0.05, 0) is 175 Å². The zero-order valence-electron chi connectivity index (χ0n) is 53.4. The highest BCUT2D eigenvalue weighted by Gasteiger charge is 2.20. The Morgan fingerprint density at radius 2 is 0.667 bits per heavy atom. The van der Waals surface area contributed by atoms with E-state index in [4.69, 9.17) is 25.4 Å². The highest BCUT2D eigenvalue weighted by atomic mass is 35.5. The van der Waals surface area contributed by atoms with E-state index >= 15 is 0 Å². The quantitative estimate of drug-likeness (QED) is 0.135. The lowest BCUT2D eigenvalue weighted by atomic mass is 10.00. The Morgan fingerprint density at radius 1 is 0.283 bits per heavy atom. The zero-order valence-corrected chi connectivity index (χ0v) is 55.8. The molecule has 0 saturated heterocycles. The van der Waals surface area contributed by atoms with Gasteiger partial charge in [0.2, 0.25) is 11.8 Å². The molecule has 0 radical (unpaired) electrons. The summed E-state index contributed by atoms with van der Waals surface area (Å²) < 4.78 is 18.0. The van der Waals surface area contributed by atoms with Gasteiger partial charge in [-0.15, -0.1) is 22.7 Å². The second-order valence-electron chi connectivity index (χ2n) is 24.9. The Morgan fingerprint density at radius 3 is 1.22 bits per heavy atom. The fourth-order valence-corrected chi connectivity index (χ4v) is 16.3. The first-order valence-electron chi connectivity index (χ1n) is 33.1. The SMILES string of the molecule is Clc1ccc2ccc3ccc4nc(-c5ccccc5)oc4c3c2c1.c1ccc(-c2ccc(Cc3ccc4c(c3)sc3ccccc34)cc2)cc1.c1ccc(-c2ccc(N(c3ccc4c(c3)sc3ccccc34)c3ccc4ccc5ccc6nc(-c7ccccc7)oc6c5c4c3)cc2)cc1. The highest BCUT2D eigenvalue weighted by Crippen LogP contribution is 2.45. The Kier molecular flexibility index (Phi) is 15.4. The van der Waals surface area contributed by atoms with E-state index in [1.807, 2.05) is 108 Å². The first-order valence-corrected chi connectivity index (χ1v) is 35.1. The summed E-state index contributed by atoms with van der Waals surface area (Å²) in [5, 5.41) is 14.9. The van der Waals surface area contributed by atoms with Crippen LogP contribution in [-0.2, 0) is 6.42 Å². The molecule has 4 aromatic heterocycles. The summed E-state index contributed by atoms with van der Waals surface area (Å²) in [5.41, 5.74) is 16.2. The number of thiophene rings is 2. The average molecular weight is 1330 g/mol. The first kappa shape index (κ1) is 59.5. The number of rotatable bonds is 9. The summed E-state index contributed by atoms with van der Waals surface area (Å²) >= 11 is 9.95. The van der Waals surface area contributed by atoms with Crippen molar-refractivity contribution in [2.24, 2.45) is 0 Å². The summed E-state index contributed by atoms with van der Waals surface area (Å²) in [5.74, 6) is 1.27. The molecule has 0 amide bonds. The number of aromatic nitrogens is 2. The van der Waals surface area contributed by atoms with Gasteiger partial charge < -0.3 is 13.7 Å². The molecule has 0 aliphatic heterocycles. The lowest BCUT2D eigenvalue weighted by Crippen LogP contribution is -2.09. The fourth-order valence-electron chi connectivity index (χ4n) is 13.8. The van der Waals surface area contributed by atoms with E-state index in [9.17, 15) is 0 Å². The van der Waals surface area contributed by atoms with Gasteiger partial charge in [-0.2, -0.15) is 0 Å². The molecule has 5 nitrogen and oxygen atoms in total. The fraction of sp³-hybridized carbons (Fsp3) is 0.0110. The molecule has 0 aliphatic rings. The van der Waals surface area contributed by atoms with Gasteiger partial charge in [0.1, 0.15) is 11.0 Å². The summed E-state index contributed by atoms with van der Waals surface area (Å²) in [7, 11) is 0. The summed E-state index contributed by atoms with van der Waals surface area (Å²) in [4.78, 5) is 11.9. The second kappa shape index (κ2) is 25.5. The topological polar surface area (TPSA) is 55.3 Å². The average Bonchev–Trinajstić information content (AvgIpc) is 1.72. The largest absolute Gasteiger partial charge is 0.435 e. The van der Waals surface area contributed by atoms with Crippen molar-refractivity contribution in [1.82, 2.24) is 9.97 Å². The molecule has 16 aromatic carbocycles. The van der Waals surface area contributed by atoms with E-state index in [2.05, 4.69) is 265 Å². The van der Waals surface area contributed by atoms with Gasteiger partial charge in [0.15, 0.2) is 11.2 Å². The molecule has 0 spiro atoms. The number of oxazole rings is 2. The maximum Gasteiger partial charge on any atom is 0.227 e. The van der Waals surface area contributed by atoms with E-state index in [-0.39, 0.29) is 0 Å². The van der Waals surface area contributed by atoms with Crippen molar-refractivity contribution in [2.45, 2.75) is 6.42 Å². The number of hydrogen-bond donors (Lipinski definition) is 0. The molecular formula is C91H58ClN3O2S2. The number of hydrogen-bond acceptors (Lipinski definition) is 7. The lowest BCUT2D eigenvalue weighted by Gasteiger charge is -2.26. The summed E-state index contributed by atoms with van der Waals surface area (Å²) in [6, 6.07) is 120. The summed E-state index contributed by atoms with van der Waals surface area (Å²) in [6.07, 6.45) is 0.971. The third-order valence-electron chi connectivity index (χ3n) is 18.7. The van der Waals surface area contributed by atoms with Gasteiger partial charge >= 0.3 is 0 Å². The predicted molar refractivity (Wildman–Crippen MR) is 421 cm³/mol. The molecule has 0 fully saturated rings. The Balaban J connectivity index is 0.000000119. The van der Waals surface area contributed by atoms with Gasteiger partial charge in [-0.25, -0.2) is 9.97 Å². The Hall–Kier alpha value is -12.0. The zero-order chi connectivity index (χ0) is 65.8. The van der Waals surface area contributed by atoms with Gasteiger partial charge in [0.25, 0.3) is 0 Å². The minimum Gasteiger partial charge on any atom is -0.435 e. The molecule has 0 unspecified atom stereocenters. The van der Waals surface area contributed by atoms with Crippen molar-refractivity contribution in [1.29, 1.82) is 0 Å². The lowest BCUT2D eigenvalue weighted by molar-refractivity contribution is 0.623. The van der Waals surface area contributed by atoms with Crippen LogP contribution in [0.4, 0.5) is 17.1 Å². The van der Waals surface area contributed by atoms with E-state index in [1.165, 1.54) is 73.7 Å². The molecule has 0 saturated carbocycles. The van der Waals surface area contributed by atoms with Crippen LogP contribution in [0.3, 0.4) is 0 Å². The van der Waals surface area contributed by atoms with Gasteiger partial charge in [-0.1, -0.05) is 248 Å². The van der Waals surface area contributed by atoms with E-state index in [0.717, 1.165) is 105 Å². The molecule has 0 atom stereocenters. The first-order chi connectivity index (χ1) is 48.9. The molecule has 20 aromatic rings. The maximum absolute atomic E-state index is 6.55. The van der Waals surface area contributed by atoms with Crippen LogP contribution in [0.2, 0.25) is 5.02 Å². The van der Waals surface area contributed by atoms with Crippen molar-refractivity contribution in [3.63, 3.8) is 0 Å². The smallest absolute Gasteiger partial charge is 0.227 e. The van der Waals surface area contributed by atoms with E-state index < -0.39 is 0 Å². The number of anilines is 3. The van der Waals surface area contributed by atoms with Crippen molar-refractivity contribution in [2.75, 3.05) is 4.90 Å². The Labute approximate surface area is 584 Å². The monoisotopic (exact) mass is 1320 g/mol. The van der Waals surface area contributed by atoms with Crippen molar-refractivity contribution < 1.29 is 8.83 Å². The van der Waals surface area contributed by atoms with Crippen LogP contribution < -0.4 is 4.90 Å². The number of benzene rings is 16. The third-order valence-corrected chi connectivity index (χ3v) is 21.2. The van der Waals surface area contributed by atoms with Crippen LogP contribution in [0.5, 0.6) is 0 Å². The number of nitrogens with zero attached hydrogens (tertiary/aromatic N) is 3. The summed E-state index contributed by atoms with van der Waals surface area (Å²) in [6.45, 7) is 0. The van der Waals surface area contributed by atoms with E-state index in [0.29, 0.717) is 11.8 Å². The molecule has 0 N–H and O–H groups in total. The van der Waals surface area contributed by atoms with Gasteiger partial charge in [0.05, 0.1) is 0 Å². The van der Waals surface area contributed by atoms with Gasteiger partial charge in [-0.3, -0.25) is 0 Å². The van der Waals surface area contributed by atoms with Gasteiger partial charge in [0, 0.05) is 84.3 Å². The van der Waals surface area contributed by atoms with Crippen LogP contribution in [-0.4, -0.2) is 9.97 Å². The van der Waals surface area contributed by atoms with Crippen molar-refractivity contribution in [3.05, 3.63) is 356 Å². The number of fused-ring (bicyclic) bond motifs is 16. The Bertz CT molecular complexity index is 6390. The molecular weight excluding hydrogens is 1270 g/mol. The second-order valence-corrected chi connectivity index (χ2v) is 27.5. The van der Waals surface area contributed by atoms with Crippen LogP contribution in [0.15, 0.2) is 349 Å². The number of halogens is 1. The minimum atomic E-state index is 0.632. The standard InChI is InChI=1S/C45H28N2OS.C25H18S.C21H12ClNO/c1-3-9-29(10-4-1)30-17-21-34(22-18-30)47(36-24-25-38-37-13-7-8-14-41(37)49-42(38)28-36)35-23-19-31-15-16-32-20-26-40-44(43(32)39(31)27-35)48-45(46-40)33-11-5-2-6-12-33;1-2-6-20(7-3-1)21-13-10-18(11-14-21)16-19-12-15-23-22-8-4-5-9-24(22)26-25(23)17-19;22-16-10-8-13-6-7-14-9-11-18-20(19(14)17(13)12-16)24-21(23-18)15-4-2-1-3-5-15/h1-28H;1-15,17H,16H2;1-12H. The molecule has 0 aliphatic carbocycles. The van der Waals surface area contributed by atoms with Crippen molar-refractivity contribution in [3.8, 4) is 45.2 Å². The molecule has 468 valence electrons. The molecule has 99 heavy (non-hydrogen) atoms. The molecule has 4 heterocycles. The minimum absolute atomic E-state index is 0.632. The molecule has 20 rings (SSSR count). The normalized spacial score (nSPS) is 11.5. The van der Waals surface area contributed by atoms with E-state index in [1.54, 1.807) is 0 Å². The van der Waals surface area contributed by atoms with Crippen LogP contribution in [0.25, 0.3) is 151 Å². The van der Waals surface area contributed by atoms with Crippen LogP contribution >= 0.6 is 34.3 Å². The maximum atomic E-state index is 6.55. The van der Waals surface area contributed by atoms with Crippen LogP contribution in [0.1, 0.15) is 11.1 Å². The van der Waals surface area contributed by atoms with Crippen molar-refractivity contribution >= 4 is 157 Å². The van der Waals surface area contributed by atoms with Crippen LogP contribution in [0, 0.1) is 0 Å². The highest BCUT2D eigenvalue weighted by molar-refractivity contribution is 7.26. The molecule has 0 bridgehead atoms. The predicted octanol–water partition coefficient (Wildman–Crippen LogP) is 27.1. The third kappa shape index (κ3) is 11.5. The molecule has 8 heteroatoms.